The van der Waals surface area contributed by atoms with E-state index in [0.29, 0.717) is 18.0 Å². The summed E-state index contributed by atoms with van der Waals surface area (Å²) in [6.45, 7) is 9.50. The molecule has 1 aromatic rings. The van der Waals surface area contributed by atoms with Gasteiger partial charge in [0, 0.05) is 31.7 Å². The minimum absolute atomic E-state index is 0.133. The van der Waals surface area contributed by atoms with Gasteiger partial charge in [-0.15, -0.1) is 6.58 Å². The van der Waals surface area contributed by atoms with Crippen molar-refractivity contribution in [1.82, 2.24) is 14.9 Å². The van der Waals surface area contributed by atoms with Crippen LogP contribution in [0.4, 0.5) is 0 Å². The van der Waals surface area contributed by atoms with E-state index in [4.69, 9.17) is 0 Å². The fourth-order valence-corrected chi connectivity index (χ4v) is 3.96. The first-order chi connectivity index (χ1) is 11.9. The maximum absolute atomic E-state index is 12.2. The summed E-state index contributed by atoms with van der Waals surface area (Å²) in [5, 5.41) is 2.89. The van der Waals surface area contributed by atoms with Gasteiger partial charge in [-0.1, -0.05) is 13.0 Å². The van der Waals surface area contributed by atoms with Crippen molar-refractivity contribution in [1.29, 1.82) is 0 Å². The van der Waals surface area contributed by atoms with E-state index < -0.39 is 10.0 Å². The minimum atomic E-state index is -3.56. The number of amides is 1. The van der Waals surface area contributed by atoms with Crippen molar-refractivity contribution >= 4 is 15.9 Å². The number of carbonyl (C=O) groups is 1. The van der Waals surface area contributed by atoms with Crippen LogP contribution in [0.5, 0.6) is 0 Å². The van der Waals surface area contributed by atoms with Crippen molar-refractivity contribution in [3.8, 4) is 0 Å². The first kappa shape index (κ1) is 19.6. The lowest BCUT2D eigenvalue weighted by Gasteiger charge is -2.30. The Hall–Kier alpha value is -1.70. The highest BCUT2D eigenvalue weighted by Crippen LogP contribution is 2.14. The largest absolute Gasteiger partial charge is 0.351 e. The SMILES string of the molecule is C=CCNS(=O)(=O)c1ccc(C(=O)NCCN2CCC[C@H](C)C2)cc1. The highest BCUT2D eigenvalue weighted by molar-refractivity contribution is 7.89. The number of nitrogens with one attached hydrogen (secondary N) is 2. The fourth-order valence-electron chi connectivity index (χ4n) is 2.96. The molecule has 7 heteroatoms. The van der Waals surface area contributed by atoms with Gasteiger partial charge in [0.1, 0.15) is 0 Å². The minimum Gasteiger partial charge on any atom is -0.351 e. The first-order valence-corrected chi connectivity index (χ1v) is 10.1. The van der Waals surface area contributed by atoms with Gasteiger partial charge in [-0.05, 0) is 49.6 Å². The summed E-state index contributed by atoms with van der Waals surface area (Å²) >= 11 is 0. The molecule has 1 aliphatic heterocycles. The zero-order valence-corrected chi connectivity index (χ0v) is 15.5. The zero-order chi connectivity index (χ0) is 18.3. The average Bonchev–Trinajstić information content (AvgIpc) is 2.60. The molecule has 0 aliphatic carbocycles. The van der Waals surface area contributed by atoms with Crippen LogP contribution in [0.3, 0.4) is 0 Å². The van der Waals surface area contributed by atoms with Gasteiger partial charge in [-0.3, -0.25) is 4.79 Å². The molecule has 6 nitrogen and oxygen atoms in total. The quantitative estimate of drug-likeness (QED) is 0.686. The van der Waals surface area contributed by atoms with Crippen LogP contribution in [-0.2, 0) is 10.0 Å². The maximum atomic E-state index is 12.2. The lowest BCUT2D eigenvalue weighted by molar-refractivity contribution is 0.0943. The van der Waals surface area contributed by atoms with Crippen LogP contribution in [0.25, 0.3) is 0 Å². The Morgan fingerprint density at radius 3 is 2.72 bits per heavy atom. The van der Waals surface area contributed by atoms with E-state index in [2.05, 4.69) is 28.4 Å². The molecule has 2 N–H and O–H groups in total. The maximum Gasteiger partial charge on any atom is 0.251 e. The van der Waals surface area contributed by atoms with E-state index in [0.717, 1.165) is 19.6 Å². The summed E-state index contributed by atoms with van der Waals surface area (Å²) in [5.74, 6) is 0.529. The van der Waals surface area contributed by atoms with Gasteiger partial charge in [0.15, 0.2) is 0 Å². The third-order valence-electron chi connectivity index (χ3n) is 4.30. The average molecular weight is 365 g/mol. The number of carbonyl (C=O) groups excluding carboxylic acids is 1. The summed E-state index contributed by atoms with van der Waals surface area (Å²) in [5.41, 5.74) is 0.453. The molecule has 2 rings (SSSR count). The zero-order valence-electron chi connectivity index (χ0n) is 14.7. The van der Waals surface area contributed by atoms with Gasteiger partial charge in [-0.2, -0.15) is 0 Å². The molecule has 1 aliphatic rings. The molecular formula is C18H27N3O3S. The van der Waals surface area contributed by atoms with Gasteiger partial charge in [0.2, 0.25) is 10.0 Å². The summed E-state index contributed by atoms with van der Waals surface area (Å²) in [4.78, 5) is 14.7. The molecule has 0 spiro atoms. The second-order valence-electron chi connectivity index (χ2n) is 6.47. The summed E-state index contributed by atoms with van der Waals surface area (Å²) in [6, 6.07) is 5.93. The first-order valence-electron chi connectivity index (χ1n) is 8.63. The lowest BCUT2D eigenvalue weighted by Crippen LogP contribution is -2.40. The molecule has 1 saturated heterocycles. The van der Waals surface area contributed by atoms with Crippen molar-refractivity contribution in [2.24, 2.45) is 5.92 Å². The van der Waals surface area contributed by atoms with Gasteiger partial charge in [-0.25, -0.2) is 13.1 Å². The Labute approximate surface area is 150 Å². The van der Waals surface area contributed by atoms with E-state index in [-0.39, 0.29) is 17.3 Å². The highest BCUT2D eigenvalue weighted by Gasteiger charge is 2.16. The Bertz CT molecular complexity index is 686. The van der Waals surface area contributed by atoms with E-state index in [1.54, 1.807) is 0 Å². The third kappa shape index (κ3) is 5.95. The Morgan fingerprint density at radius 1 is 1.36 bits per heavy atom. The van der Waals surface area contributed by atoms with Gasteiger partial charge in [0.25, 0.3) is 5.91 Å². The van der Waals surface area contributed by atoms with Crippen LogP contribution >= 0.6 is 0 Å². The predicted octanol–water partition coefficient (Wildman–Crippen LogP) is 1.61. The van der Waals surface area contributed by atoms with Crippen LogP contribution in [0.1, 0.15) is 30.1 Å². The molecule has 0 radical (unpaired) electrons. The van der Waals surface area contributed by atoms with E-state index >= 15 is 0 Å². The number of sulfonamides is 1. The van der Waals surface area contributed by atoms with Crippen LogP contribution in [0, 0.1) is 5.92 Å². The number of hydrogen-bond donors (Lipinski definition) is 2. The second-order valence-corrected chi connectivity index (χ2v) is 8.24. The highest BCUT2D eigenvalue weighted by atomic mass is 32.2. The molecule has 0 bridgehead atoms. The molecule has 1 amide bonds. The third-order valence-corrected chi connectivity index (χ3v) is 5.74. The number of nitrogens with zero attached hydrogens (tertiary/aromatic N) is 1. The molecular weight excluding hydrogens is 338 g/mol. The van der Waals surface area contributed by atoms with Crippen molar-refractivity contribution in [2.75, 3.05) is 32.7 Å². The Balaban J connectivity index is 1.84. The van der Waals surface area contributed by atoms with Crippen molar-refractivity contribution < 1.29 is 13.2 Å². The van der Waals surface area contributed by atoms with Gasteiger partial charge in [0.05, 0.1) is 4.90 Å². The topological polar surface area (TPSA) is 78.5 Å². The monoisotopic (exact) mass is 365 g/mol. The Morgan fingerprint density at radius 2 is 2.08 bits per heavy atom. The van der Waals surface area contributed by atoms with Crippen molar-refractivity contribution in [3.05, 3.63) is 42.5 Å². The van der Waals surface area contributed by atoms with Crippen LogP contribution < -0.4 is 10.0 Å². The number of piperidine rings is 1. The molecule has 138 valence electrons. The molecule has 1 fully saturated rings. The number of rotatable bonds is 8. The molecule has 0 aromatic heterocycles. The fraction of sp³-hybridized carbons (Fsp3) is 0.500. The molecule has 25 heavy (non-hydrogen) atoms. The smallest absolute Gasteiger partial charge is 0.251 e. The molecule has 1 atom stereocenters. The van der Waals surface area contributed by atoms with Crippen LogP contribution in [0.2, 0.25) is 0 Å². The number of hydrogen-bond acceptors (Lipinski definition) is 4. The van der Waals surface area contributed by atoms with Crippen LogP contribution in [-0.4, -0.2) is 51.9 Å². The standard InChI is InChI=1S/C18H27N3O3S/c1-3-10-20-25(23,24)17-8-6-16(7-9-17)18(22)19-11-13-21-12-4-5-15(2)14-21/h3,6-9,15,20H,1,4-5,10-14H2,2H3,(H,19,22)/t15-/m0/s1. The van der Waals surface area contributed by atoms with E-state index in [1.165, 1.54) is 43.2 Å². The summed E-state index contributed by atoms with van der Waals surface area (Å²) < 4.78 is 26.4. The van der Waals surface area contributed by atoms with Crippen molar-refractivity contribution in [3.63, 3.8) is 0 Å². The summed E-state index contributed by atoms with van der Waals surface area (Å²) in [7, 11) is -3.56. The van der Waals surface area contributed by atoms with E-state index in [9.17, 15) is 13.2 Å². The van der Waals surface area contributed by atoms with E-state index in [1.807, 2.05) is 0 Å². The molecule has 1 heterocycles. The van der Waals surface area contributed by atoms with Crippen molar-refractivity contribution in [2.45, 2.75) is 24.7 Å². The number of likely N-dealkylation sites (tertiary alicyclic amines) is 1. The summed E-state index contributed by atoms with van der Waals surface area (Å²) in [6.07, 6.45) is 3.97. The number of benzene rings is 1. The van der Waals surface area contributed by atoms with Gasteiger partial charge >= 0.3 is 0 Å². The normalized spacial score (nSPS) is 18.7. The molecule has 1 aromatic carbocycles. The predicted molar refractivity (Wildman–Crippen MR) is 99.0 cm³/mol. The molecule has 0 saturated carbocycles. The lowest BCUT2D eigenvalue weighted by atomic mass is 10.0. The molecule has 0 unspecified atom stereocenters. The van der Waals surface area contributed by atoms with Gasteiger partial charge < -0.3 is 10.2 Å². The van der Waals surface area contributed by atoms with Crippen LogP contribution in [0.15, 0.2) is 41.8 Å². The second kappa shape index (κ2) is 9.12. The Kier molecular flexibility index (Phi) is 7.16.